The van der Waals surface area contributed by atoms with Crippen molar-refractivity contribution in [3.8, 4) is 11.8 Å². The number of hydrogen-bond acceptors (Lipinski definition) is 0. The Labute approximate surface area is 157 Å². The monoisotopic (exact) mass is 340 g/mol. The first-order chi connectivity index (χ1) is 12.1. The molecule has 3 aliphatic carbocycles. The van der Waals surface area contributed by atoms with Crippen molar-refractivity contribution in [1.29, 1.82) is 0 Å². The Bertz CT molecular complexity index is 466. The van der Waals surface area contributed by atoms with Gasteiger partial charge in [-0.1, -0.05) is 37.2 Å². The Morgan fingerprint density at radius 2 is 1.16 bits per heavy atom. The summed E-state index contributed by atoms with van der Waals surface area (Å²) in [6.07, 6.45) is 18.3. The molecule has 25 heavy (non-hydrogen) atoms. The third-order valence-electron chi connectivity index (χ3n) is 7.47. The quantitative estimate of drug-likeness (QED) is 0.371. The van der Waals surface area contributed by atoms with Gasteiger partial charge in [0, 0.05) is 11.8 Å². The topological polar surface area (TPSA) is 0 Å². The molecular formula is C25H40. The van der Waals surface area contributed by atoms with Crippen molar-refractivity contribution in [3.63, 3.8) is 0 Å². The molecular weight excluding hydrogens is 300 g/mol. The van der Waals surface area contributed by atoms with Crippen molar-refractivity contribution in [2.45, 2.75) is 97.3 Å². The molecule has 0 heterocycles. The molecule has 0 aromatic rings. The summed E-state index contributed by atoms with van der Waals surface area (Å²) in [5, 5.41) is 0. The van der Waals surface area contributed by atoms with Crippen LogP contribution in [0.4, 0.5) is 0 Å². The Morgan fingerprint density at radius 3 is 1.64 bits per heavy atom. The Hall–Kier alpha value is -0.700. The zero-order valence-corrected chi connectivity index (χ0v) is 16.9. The summed E-state index contributed by atoms with van der Waals surface area (Å²) in [5.41, 5.74) is 1.36. The average Bonchev–Trinajstić information content (AvgIpc) is 2.62. The fourth-order valence-electron chi connectivity index (χ4n) is 5.73. The van der Waals surface area contributed by atoms with Gasteiger partial charge in [-0.15, -0.1) is 6.58 Å². The average molecular weight is 341 g/mol. The van der Waals surface area contributed by atoms with E-state index in [2.05, 4.69) is 32.3 Å². The Kier molecular flexibility index (Phi) is 7.09. The number of allylic oxidation sites excluding steroid dienone is 1. The van der Waals surface area contributed by atoms with Gasteiger partial charge in [-0.3, -0.25) is 0 Å². The highest BCUT2D eigenvalue weighted by Crippen LogP contribution is 2.41. The van der Waals surface area contributed by atoms with Gasteiger partial charge in [-0.2, -0.15) is 0 Å². The summed E-state index contributed by atoms with van der Waals surface area (Å²) in [7, 11) is 0. The van der Waals surface area contributed by atoms with Crippen LogP contribution in [0.5, 0.6) is 0 Å². The molecule has 0 amide bonds. The van der Waals surface area contributed by atoms with E-state index in [0.717, 1.165) is 23.7 Å². The first-order valence-electron chi connectivity index (χ1n) is 11.3. The molecule has 0 aliphatic heterocycles. The van der Waals surface area contributed by atoms with E-state index in [1.54, 1.807) is 0 Å². The fraction of sp³-hybridized carbons (Fsp3) is 0.840. The van der Waals surface area contributed by atoms with Crippen molar-refractivity contribution in [2.75, 3.05) is 0 Å². The van der Waals surface area contributed by atoms with Crippen LogP contribution in [0.25, 0.3) is 0 Å². The van der Waals surface area contributed by atoms with Crippen LogP contribution in [0.3, 0.4) is 0 Å². The third kappa shape index (κ3) is 5.91. The van der Waals surface area contributed by atoms with Gasteiger partial charge in [0.1, 0.15) is 0 Å². The lowest BCUT2D eigenvalue weighted by atomic mass is 9.69. The molecule has 3 rings (SSSR count). The first-order valence-corrected chi connectivity index (χ1v) is 11.3. The van der Waals surface area contributed by atoms with Gasteiger partial charge in [0.2, 0.25) is 0 Å². The van der Waals surface area contributed by atoms with Crippen molar-refractivity contribution >= 4 is 0 Å². The molecule has 0 saturated heterocycles. The normalized spacial score (nSPS) is 39.3. The Balaban J connectivity index is 1.37. The summed E-state index contributed by atoms with van der Waals surface area (Å²) in [6, 6.07) is 0. The molecule has 0 unspecified atom stereocenters. The molecule has 0 spiro atoms. The highest BCUT2D eigenvalue weighted by atomic mass is 14.3. The maximum absolute atomic E-state index is 4.08. The van der Waals surface area contributed by atoms with E-state index < -0.39 is 0 Å². The van der Waals surface area contributed by atoms with Crippen molar-refractivity contribution in [1.82, 2.24) is 0 Å². The number of rotatable bonds is 3. The minimum absolute atomic E-state index is 0.693. The molecule has 3 aliphatic rings. The summed E-state index contributed by atoms with van der Waals surface area (Å²) in [5.74, 6) is 12.8. The summed E-state index contributed by atoms with van der Waals surface area (Å²) < 4.78 is 0. The van der Waals surface area contributed by atoms with Crippen LogP contribution in [0.1, 0.15) is 97.3 Å². The largest absolute Gasteiger partial charge is 0.100 e. The zero-order chi connectivity index (χ0) is 17.6. The van der Waals surface area contributed by atoms with Crippen LogP contribution in [0.15, 0.2) is 12.2 Å². The molecule has 3 saturated carbocycles. The van der Waals surface area contributed by atoms with E-state index in [0.29, 0.717) is 11.8 Å². The molecule has 0 atom stereocenters. The van der Waals surface area contributed by atoms with Crippen LogP contribution >= 0.6 is 0 Å². The lowest BCUT2D eigenvalue weighted by molar-refractivity contribution is 0.162. The minimum atomic E-state index is 0.693. The van der Waals surface area contributed by atoms with E-state index in [1.165, 1.54) is 89.0 Å². The van der Waals surface area contributed by atoms with Gasteiger partial charge in [0.05, 0.1) is 0 Å². The maximum atomic E-state index is 4.08. The minimum Gasteiger partial charge on any atom is -0.100 e. The molecule has 0 bridgehead atoms. The second-order valence-corrected chi connectivity index (χ2v) is 9.80. The highest BCUT2D eigenvalue weighted by molar-refractivity contribution is 5.09. The van der Waals surface area contributed by atoms with E-state index in [-0.39, 0.29) is 0 Å². The van der Waals surface area contributed by atoms with Crippen LogP contribution in [0, 0.1) is 47.3 Å². The van der Waals surface area contributed by atoms with Crippen molar-refractivity contribution in [2.24, 2.45) is 35.5 Å². The molecule has 3 fully saturated rings. The van der Waals surface area contributed by atoms with Crippen LogP contribution in [-0.2, 0) is 0 Å². The lowest BCUT2D eigenvalue weighted by Crippen LogP contribution is -2.25. The molecule has 0 aromatic heterocycles. The summed E-state index contributed by atoms with van der Waals surface area (Å²) in [6.45, 7) is 8.70. The summed E-state index contributed by atoms with van der Waals surface area (Å²) in [4.78, 5) is 0. The van der Waals surface area contributed by atoms with Crippen LogP contribution in [0.2, 0.25) is 0 Å². The van der Waals surface area contributed by atoms with Gasteiger partial charge in [-0.05, 0) is 101 Å². The predicted molar refractivity (Wildman–Crippen MR) is 109 cm³/mol. The highest BCUT2D eigenvalue weighted by Gasteiger charge is 2.29. The second-order valence-electron chi connectivity index (χ2n) is 9.80. The van der Waals surface area contributed by atoms with Crippen molar-refractivity contribution in [3.05, 3.63) is 12.2 Å². The lowest BCUT2D eigenvalue weighted by Gasteiger charge is -2.36. The summed E-state index contributed by atoms with van der Waals surface area (Å²) >= 11 is 0. The zero-order valence-electron chi connectivity index (χ0n) is 16.9. The molecule has 0 aromatic carbocycles. The maximum Gasteiger partial charge on any atom is 0.0203 e. The standard InChI is InChI=1S/C25H40/c1-19(2)18-23-10-8-21(9-11-23)6-7-22-12-16-25(17-13-22)24-14-4-20(3)5-15-24/h20-25H,1,4-5,8-18H2,2-3H3. The van der Waals surface area contributed by atoms with Crippen LogP contribution in [-0.4, -0.2) is 0 Å². The molecule has 0 radical (unpaired) electrons. The third-order valence-corrected chi connectivity index (χ3v) is 7.47. The predicted octanol–water partition coefficient (Wildman–Crippen LogP) is 7.40. The molecule has 0 nitrogen and oxygen atoms in total. The first kappa shape index (κ1) is 19.1. The van der Waals surface area contributed by atoms with Crippen LogP contribution < -0.4 is 0 Å². The van der Waals surface area contributed by atoms with E-state index in [1.807, 2.05) is 0 Å². The second kappa shape index (κ2) is 9.30. The van der Waals surface area contributed by atoms with E-state index in [4.69, 9.17) is 0 Å². The number of hydrogen-bond donors (Lipinski definition) is 0. The van der Waals surface area contributed by atoms with Gasteiger partial charge < -0.3 is 0 Å². The van der Waals surface area contributed by atoms with Gasteiger partial charge in [0.15, 0.2) is 0 Å². The van der Waals surface area contributed by atoms with Gasteiger partial charge in [-0.25, -0.2) is 0 Å². The fourth-order valence-corrected chi connectivity index (χ4v) is 5.73. The molecule has 140 valence electrons. The SMILES string of the molecule is C=C(C)CC1CCC(C#CC2CCC(C3CCC(C)CC3)CC2)CC1. The van der Waals surface area contributed by atoms with Crippen molar-refractivity contribution < 1.29 is 0 Å². The van der Waals surface area contributed by atoms with E-state index in [9.17, 15) is 0 Å². The smallest absolute Gasteiger partial charge is 0.0203 e. The van der Waals surface area contributed by atoms with Gasteiger partial charge >= 0.3 is 0 Å². The van der Waals surface area contributed by atoms with E-state index >= 15 is 0 Å². The Morgan fingerprint density at radius 1 is 0.720 bits per heavy atom. The molecule has 0 heteroatoms. The molecule has 0 N–H and O–H groups in total. The van der Waals surface area contributed by atoms with Gasteiger partial charge in [0.25, 0.3) is 0 Å².